The zero-order valence-electron chi connectivity index (χ0n) is 10.8. The van der Waals surface area contributed by atoms with Crippen molar-refractivity contribution >= 4 is 5.88 Å². The van der Waals surface area contributed by atoms with E-state index in [-0.39, 0.29) is 11.6 Å². The zero-order valence-corrected chi connectivity index (χ0v) is 10.8. The third-order valence-electron chi connectivity index (χ3n) is 2.60. The maximum absolute atomic E-state index is 12.0. The van der Waals surface area contributed by atoms with Gasteiger partial charge in [0.1, 0.15) is 16.4 Å². The van der Waals surface area contributed by atoms with Gasteiger partial charge in [0.15, 0.2) is 0 Å². The van der Waals surface area contributed by atoms with Crippen LogP contribution in [0, 0.1) is 10.1 Å². The van der Waals surface area contributed by atoms with E-state index < -0.39 is 11.5 Å². The second kappa shape index (κ2) is 6.80. The first-order chi connectivity index (χ1) is 10.0. The van der Waals surface area contributed by atoms with E-state index in [0.717, 1.165) is 5.56 Å². The largest absolute Gasteiger partial charge is 0.435 e. The van der Waals surface area contributed by atoms with Gasteiger partial charge < -0.3 is 14.5 Å². The third kappa shape index (κ3) is 4.53. The first kappa shape index (κ1) is 14.9. The summed E-state index contributed by atoms with van der Waals surface area (Å²) in [7, 11) is 0. The molecule has 0 saturated heterocycles. The molecule has 2 aromatic rings. The third-order valence-corrected chi connectivity index (χ3v) is 2.60. The minimum absolute atomic E-state index is 0.0930. The molecule has 21 heavy (non-hydrogen) atoms. The van der Waals surface area contributed by atoms with Gasteiger partial charge >= 0.3 is 12.5 Å². The van der Waals surface area contributed by atoms with Crippen LogP contribution in [0.4, 0.5) is 14.7 Å². The average Bonchev–Trinajstić information content (AvgIpc) is 2.89. The monoisotopic (exact) mass is 298 g/mol. The number of rotatable bonds is 7. The summed E-state index contributed by atoms with van der Waals surface area (Å²) in [6.45, 7) is -2.06. The molecule has 0 aliphatic carbocycles. The second-order valence-corrected chi connectivity index (χ2v) is 4.12. The Morgan fingerprint density at radius 1 is 1.19 bits per heavy atom. The van der Waals surface area contributed by atoms with Gasteiger partial charge in [-0.05, 0) is 23.8 Å². The van der Waals surface area contributed by atoms with Gasteiger partial charge in [0, 0.05) is 6.54 Å². The maximum atomic E-state index is 12.0. The number of hydrogen-bond acceptors (Lipinski definition) is 5. The van der Waals surface area contributed by atoms with Crippen molar-refractivity contribution in [2.45, 2.75) is 19.7 Å². The number of nitro groups is 1. The van der Waals surface area contributed by atoms with Crippen LogP contribution < -0.4 is 10.1 Å². The Labute approximate surface area is 118 Å². The van der Waals surface area contributed by atoms with Crippen molar-refractivity contribution in [2.75, 3.05) is 0 Å². The molecule has 0 bridgehead atoms. The van der Waals surface area contributed by atoms with Crippen LogP contribution in [-0.2, 0) is 13.1 Å². The SMILES string of the molecule is O=[N+]([O-])c1ccc(CNCc2ccc(OC(F)F)cc2)o1. The van der Waals surface area contributed by atoms with Crippen LogP contribution in [0.25, 0.3) is 0 Å². The van der Waals surface area contributed by atoms with Crippen molar-refractivity contribution < 1.29 is 22.9 Å². The minimum Gasteiger partial charge on any atom is -0.435 e. The van der Waals surface area contributed by atoms with Crippen LogP contribution in [-0.4, -0.2) is 11.5 Å². The predicted molar refractivity (Wildman–Crippen MR) is 69.0 cm³/mol. The molecule has 0 unspecified atom stereocenters. The van der Waals surface area contributed by atoms with Crippen molar-refractivity contribution in [3.63, 3.8) is 0 Å². The van der Waals surface area contributed by atoms with E-state index in [4.69, 9.17) is 4.42 Å². The van der Waals surface area contributed by atoms with Gasteiger partial charge in [-0.3, -0.25) is 10.1 Å². The topological polar surface area (TPSA) is 77.5 Å². The molecule has 1 heterocycles. The molecule has 0 saturated carbocycles. The van der Waals surface area contributed by atoms with Crippen LogP contribution in [0.5, 0.6) is 5.75 Å². The van der Waals surface area contributed by atoms with Crippen molar-refractivity contribution in [3.8, 4) is 5.75 Å². The first-order valence-electron chi connectivity index (χ1n) is 6.02. The van der Waals surface area contributed by atoms with Gasteiger partial charge in [-0.15, -0.1) is 0 Å². The summed E-state index contributed by atoms with van der Waals surface area (Å²) in [4.78, 5) is 9.84. The number of benzene rings is 1. The molecule has 0 aliphatic heterocycles. The molecule has 0 spiro atoms. The summed E-state index contributed by atoms with van der Waals surface area (Å²) in [6, 6.07) is 8.99. The number of halogens is 2. The number of nitrogens with zero attached hydrogens (tertiary/aromatic N) is 1. The lowest BCUT2D eigenvalue weighted by molar-refractivity contribution is -0.402. The Balaban J connectivity index is 1.81. The van der Waals surface area contributed by atoms with Gasteiger partial charge in [-0.1, -0.05) is 12.1 Å². The molecular weight excluding hydrogens is 286 g/mol. The molecular formula is C13H12F2N2O4. The lowest BCUT2D eigenvalue weighted by Crippen LogP contribution is -2.12. The number of hydrogen-bond donors (Lipinski definition) is 1. The zero-order chi connectivity index (χ0) is 15.2. The average molecular weight is 298 g/mol. The van der Waals surface area contributed by atoms with Crippen LogP contribution in [0.15, 0.2) is 40.8 Å². The van der Waals surface area contributed by atoms with E-state index in [1.165, 1.54) is 24.3 Å². The molecule has 0 radical (unpaired) electrons. The van der Waals surface area contributed by atoms with E-state index in [0.29, 0.717) is 18.8 Å². The highest BCUT2D eigenvalue weighted by molar-refractivity contribution is 5.27. The van der Waals surface area contributed by atoms with Crippen LogP contribution in [0.3, 0.4) is 0 Å². The van der Waals surface area contributed by atoms with Crippen molar-refractivity contribution in [1.82, 2.24) is 5.32 Å². The number of ether oxygens (including phenoxy) is 1. The standard InChI is InChI=1S/C13H12F2N2O4/c14-13(15)21-10-3-1-9(2-4-10)7-16-8-11-5-6-12(20-11)17(18)19/h1-6,13,16H,7-8H2. The number of furan rings is 1. The second-order valence-electron chi connectivity index (χ2n) is 4.12. The Kier molecular flexibility index (Phi) is 4.83. The van der Waals surface area contributed by atoms with Gasteiger partial charge in [-0.2, -0.15) is 8.78 Å². The molecule has 0 aliphatic rings. The summed E-state index contributed by atoms with van der Waals surface area (Å²) in [5.74, 6) is 0.232. The lowest BCUT2D eigenvalue weighted by Gasteiger charge is -2.06. The minimum atomic E-state index is -2.84. The van der Waals surface area contributed by atoms with Gasteiger partial charge in [0.05, 0.1) is 12.6 Å². The Hall–Kier alpha value is -2.48. The van der Waals surface area contributed by atoms with Crippen LogP contribution >= 0.6 is 0 Å². The highest BCUT2D eigenvalue weighted by Gasteiger charge is 2.11. The summed E-state index contributed by atoms with van der Waals surface area (Å²) in [6.07, 6.45) is 0. The van der Waals surface area contributed by atoms with Crippen molar-refractivity contribution in [3.05, 3.63) is 57.8 Å². The van der Waals surface area contributed by atoms with E-state index in [1.54, 1.807) is 12.1 Å². The Bertz CT molecular complexity index is 598. The fourth-order valence-corrected chi connectivity index (χ4v) is 1.68. The molecule has 0 atom stereocenters. The highest BCUT2D eigenvalue weighted by Crippen LogP contribution is 2.16. The van der Waals surface area contributed by atoms with Crippen molar-refractivity contribution in [1.29, 1.82) is 0 Å². The Morgan fingerprint density at radius 2 is 1.90 bits per heavy atom. The summed E-state index contributed by atoms with van der Waals surface area (Å²) in [5.41, 5.74) is 0.859. The van der Waals surface area contributed by atoms with E-state index in [9.17, 15) is 18.9 Å². The fraction of sp³-hybridized carbons (Fsp3) is 0.231. The normalized spacial score (nSPS) is 10.8. The molecule has 2 rings (SSSR count). The van der Waals surface area contributed by atoms with Gasteiger partial charge in [0.25, 0.3) is 0 Å². The fourth-order valence-electron chi connectivity index (χ4n) is 1.68. The number of nitrogens with one attached hydrogen (secondary N) is 1. The molecule has 1 aromatic heterocycles. The molecule has 0 amide bonds. The molecule has 8 heteroatoms. The first-order valence-corrected chi connectivity index (χ1v) is 6.02. The van der Waals surface area contributed by atoms with E-state index in [2.05, 4.69) is 10.1 Å². The Morgan fingerprint density at radius 3 is 2.48 bits per heavy atom. The highest BCUT2D eigenvalue weighted by atomic mass is 19.3. The van der Waals surface area contributed by atoms with E-state index >= 15 is 0 Å². The molecule has 1 aromatic carbocycles. The predicted octanol–water partition coefficient (Wildman–Crippen LogP) is 3.08. The maximum Gasteiger partial charge on any atom is 0.433 e. The van der Waals surface area contributed by atoms with Crippen molar-refractivity contribution in [2.24, 2.45) is 0 Å². The molecule has 1 N–H and O–H groups in total. The molecule has 0 fully saturated rings. The number of alkyl halides is 2. The van der Waals surface area contributed by atoms with Crippen LogP contribution in [0.2, 0.25) is 0 Å². The summed E-state index contributed by atoms with van der Waals surface area (Å²) >= 11 is 0. The summed E-state index contributed by atoms with van der Waals surface area (Å²) < 4.78 is 33.2. The smallest absolute Gasteiger partial charge is 0.433 e. The van der Waals surface area contributed by atoms with Gasteiger partial charge in [-0.25, -0.2) is 0 Å². The quantitative estimate of drug-likeness (QED) is 0.628. The van der Waals surface area contributed by atoms with Gasteiger partial charge in [0.2, 0.25) is 0 Å². The van der Waals surface area contributed by atoms with Crippen LogP contribution in [0.1, 0.15) is 11.3 Å². The molecule has 112 valence electrons. The summed E-state index contributed by atoms with van der Waals surface area (Å²) in [5, 5.41) is 13.5. The van der Waals surface area contributed by atoms with E-state index in [1.807, 2.05) is 0 Å². The lowest BCUT2D eigenvalue weighted by atomic mass is 10.2. The molecule has 6 nitrogen and oxygen atoms in total.